The second-order valence-electron chi connectivity index (χ2n) is 5.16. The van der Waals surface area contributed by atoms with E-state index in [4.69, 9.17) is 16.3 Å². The Morgan fingerprint density at radius 2 is 2.22 bits per heavy atom. The van der Waals surface area contributed by atoms with Crippen molar-refractivity contribution in [2.24, 2.45) is 5.92 Å². The Bertz CT molecular complexity index is 417. The summed E-state index contributed by atoms with van der Waals surface area (Å²) in [4.78, 5) is 8.79. The van der Waals surface area contributed by atoms with Crippen LogP contribution >= 0.6 is 11.6 Å². The van der Waals surface area contributed by atoms with Crippen molar-refractivity contribution in [3.63, 3.8) is 0 Å². The maximum Gasteiger partial charge on any atom is 0.134 e. The lowest BCUT2D eigenvalue weighted by molar-refractivity contribution is 0.120. The van der Waals surface area contributed by atoms with Crippen LogP contribution in [0.3, 0.4) is 0 Å². The molecule has 0 unspecified atom stereocenters. The monoisotopic (exact) mass is 267 g/mol. The smallest absolute Gasteiger partial charge is 0.134 e. The van der Waals surface area contributed by atoms with Crippen molar-refractivity contribution in [1.29, 1.82) is 0 Å². The van der Waals surface area contributed by atoms with E-state index >= 15 is 0 Å². The molecule has 1 saturated carbocycles. The van der Waals surface area contributed by atoms with Crippen LogP contribution in [-0.4, -0.2) is 29.2 Å². The van der Waals surface area contributed by atoms with Crippen molar-refractivity contribution >= 4 is 17.4 Å². The van der Waals surface area contributed by atoms with Crippen molar-refractivity contribution in [3.8, 4) is 0 Å². The summed E-state index contributed by atoms with van der Waals surface area (Å²) in [5, 5.41) is 3.82. The Labute approximate surface area is 112 Å². The SMILES string of the molecule is Clc1cc(NC[C@@H]2CCCO2)nc(CC2CC2)n1. The number of hydrogen-bond acceptors (Lipinski definition) is 4. The van der Waals surface area contributed by atoms with E-state index in [1.54, 1.807) is 6.07 Å². The number of nitrogens with zero attached hydrogens (tertiary/aromatic N) is 2. The molecule has 0 aromatic carbocycles. The maximum absolute atomic E-state index is 6.03. The second-order valence-corrected chi connectivity index (χ2v) is 5.54. The average Bonchev–Trinajstić information content (AvgIpc) is 2.99. The molecular weight excluding hydrogens is 250 g/mol. The molecule has 1 saturated heterocycles. The second kappa shape index (κ2) is 5.41. The van der Waals surface area contributed by atoms with Gasteiger partial charge in [-0.1, -0.05) is 11.6 Å². The van der Waals surface area contributed by atoms with Gasteiger partial charge in [-0.3, -0.25) is 0 Å². The summed E-state index contributed by atoms with van der Waals surface area (Å²) in [6, 6.07) is 1.78. The lowest BCUT2D eigenvalue weighted by Crippen LogP contribution is -2.19. The van der Waals surface area contributed by atoms with Gasteiger partial charge in [-0.15, -0.1) is 0 Å². The minimum atomic E-state index is 0.311. The van der Waals surface area contributed by atoms with Crippen molar-refractivity contribution < 1.29 is 4.74 Å². The van der Waals surface area contributed by atoms with E-state index in [9.17, 15) is 0 Å². The first-order valence-electron chi connectivity index (χ1n) is 6.68. The highest BCUT2D eigenvalue weighted by atomic mass is 35.5. The third-order valence-electron chi connectivity index (χ3n) is 3.44. The standard InChI is InChI=1S/C13H18ClN3O/c14-11-7-12(15-8-10-2-1-5-18-10)17-13(16-11)6-9-3-4-9/h7,9-10H,1-6,8H2,(H,15,16,17)/t10-/m0/s1. The van der Waals surface area contributed by atoms with Gasteiger partial charge in [0.05, 0.1) is 6.10 Å². The fourth-order valence-electron chi connectivity index (χ4n) is 2.25. The summed E-state index contributed by atoms with van der Waals surface area (Å²) < 4.78 is 5.57. The molecule has 1 aromatic heterocycles. The van der Waals surface area contributed by atoms with Gasteiger partial charge in [0.15, 0.2) is 0 Å². The summed E-state index contributed by atoms with van der Waals surface area (Å²) >= 11 is 6.03. The molecule has 98 valence electrons. The van der Waals surface area contributed by atoms with Crippen LogP contribution in [0.25, 0.3) is 0 Å². The summed E-state index contributed by atoms with van der Waals surface area (Å²) in [6.07, 6.45) is 6.15. The highest BCUT2D eigenvalue weighted by Crippen LogP contribution is 2.32. The molecule has 0 amide bonds. The molecule has 1 N–H and O–H groups in total. The molecule has 0 spiro atoms. The fourth-order valence-corrected chi connectivity index (χ4v) is 2.45. The average molecular weight is 268 g/mol. The minimum absolute atomic E-state index is 0.311. The van der Waals surface area contributed by atoms with E-state index in [-0.39, 0.29) is 0 Å². The van der Waals surface area contributed by atoms with Gasteiger partial charge in [0, 0.05) is 25.6 Å². The molecule has 1 aromatic rings. The normalized spacial score (nSPS) is 23.3. The van der Waals surface area contributed by atoms with Crippen LogP contribution in [0.2, 0.25) is 5.15 Å². The first-order valence-corrected chi connectivity index (χ1v) is 7.06. The summed E-state index contributed by atoms with van der Waals surface area (Å²) in [7, 11) is 0. The molecule has 1 aliphatic heterocycles. The quantitative estimate of drug-likeness (QED) is 0.834. The number of ether oxygens (including phenoxy) is 1. The van der Waals surface area contributed by atoms with E-state index < -0.39 is 0 Å². The van der Waals surface area contributed by atoms with Gasteiger partial charge in [0.25, 0.3) is 0 Å². The summed E-state index contributed by atoms with van der Waals surface area (Å²) in [5.74, 6) is 2.45. The molecule has 2 fully saturated rings. The zero-order valence-corrected chi connectivity index (χ0v) is 11.1. The van der Waals surface area contributed by atoms with Crippen LogP contribution in [0.15, 0.2) is 6.07 Å². The summed E-state index contributed by atoms with van der Waals surface area (Å²) in [5.41, 5.74) is 0. The van der Waals surface area contributed by atoms with Gasteiger partial charge in [-0.25, -0.2) is 9.97 Å². The predicted octanol–water partition coefficient (Wildman–Crippen LogP) is 2.67. The molecule has 3 rings (SSSR count). The third kappa shape index (κ3) is 3.33. The highest BCUT2D eigenvalue weighted by Gasteiger charge is 2.23. The van der Waals surface area contributed by atoms with Gasteiger partial charge >= 0.3 is 0 Å². The number of halogens is 1. The molecule has 5 heteroatoms. The first kappa shape index (κ1) is 12.2. The van der Waals surface area contributed by atoms with Crippen molar-refractivity contribution in [3.05, 3.63) is 17.0 Å². The lowest BCUT2D eigenvalue weighted by atomic mass is 10.2. The van der Waals surface area contributed by atoms with Crippen molar-refractivity contribution in [2.45, 2.75) is 38.2 Å². The molecule has 2 aliphatic rings. The van der Waals surface area contributed by atoms with E-state index in [0.717, 1.165) is 50.0 Å². The Kier molecular flexibility index (Phi) is 3.66. The van der Waals surface area contributed by atoms with Gasteiger partial charge in [0.1, 0.15) is 16.8 Å². The van der Waals surface area contributed by atoms with Crippen LogP contribution in [0.4, 0.5) is 5.82 Å². The maximum atomic E-state index is 6.03. The molecule has 0 radical (unpaired) electrons. The molecule has 1 atom stereocenters. The van der Waals surface area contributed by atoms with Gasteiger partial charge in [0.2, 0.25) is 0 Å². The largest absolute Gasteiger partial charge is 0.376 e. The zero-order valence-electron chi connectivity index (χ0n) is 10.4. The Morgan fingerprint density at radius 1 is 1.33 bits per heavy atom. The number of nitrogens with one attached hydrogen (secondary N) is 1. The number of aromatic nitrogens is 2. The van der Waals surface area contributed by atoms with Gasteiger partial charge in [-0.05, 0) is 31.6 Å². The minimum Gasteiger partial charge on any atom is -0.376 e. The number of rotatable bonds is 5. The molecule has 2 heterocycles. The molecule has 4 nitrogen and oxygen atoms in total. The number of anilines is 1. The van der Waals surface area contributed by atoms with Crippen LogP contribution in [0, 0.1) is 5.92 Å². The Balaban J connectivity index is 1.60. The van der Waals surface area contributed by atoms with E-state index in [1.165, 1.54) is 12.8 Å². The van der Waals surface area contributed by atoms with Crippen LogP contribution < -0.4 is 5.32 Å². The van der Waals surface area contributed by atoms with Crippen molar-refractivity contribution in [1.82, 2.24) is 9.97 Å². The lowest BCUT2D eigenvalue weighted by Gasteiger charge is -2.12. The summed E-state index contributed by atoms with van der Waals surface area (Å²) in [6.45, 7) is 1.68. The number of hydrogen-bond donors (Lipinski definition) is 1. The molecule has 1 aliphatic carbocycles. The first-order chi connectivity index (χ1) is 8.79. The van der Waals surface area contributed by atoms with Crippen LogP contribution in [0.5, 0.6) is 0 Å². The predicted molar refractivity (Wildman–Crippen MR) is 70.9 cm³/mol. The topological polar surface area (TPSA) is 47.0 Å². The van der Waals surface area contributed by atoms with Crippen molar-refractivity contribution in [2.75, 3.05) is 18.5 Å². The van der Waals surface area contributed by atoms with Gasteiger partial charge in [-0.2, -0.15) is 0 Å². The van der Waals surface area contributed by atoms with E-state index in [1.807, 2.05) is 0 Å². The van der Waals surface area contributed by atoms with Crippen LogP contribution in [-0.2, 0) is 11.2 Å². The molecule has 18 heavy (non-hydrogen) atoms. The van der Waals surface area contributed by atoms with E-state index in [2.05, 4.69) is 15.3 Å². The zero-order chi connectivity index (χ0) is 12.4. The fraction of sp³-hybridized carbons (Fsp3) is 0.692. The van der Waals surface area contributed by atoms with Gasteiger partial charge < -0.3 is 10.1 Å². The van der Waals surface area contributed by atoms with E-state index in [0.29, 0.717) is 11.3 Å². The Morgan fingerprint density at radius 3 is 2.94 bits per heavy atom. The van der Waals surface area contributed by atoms with Crippen LogP contribution in [0.1, 0.15) is 31.5 Å². The Hall–Kier alpha value is -0.870. The highest BCUT2D eigenvalue weighted by molar-refractivity contribution is 6.29. The third-order valence-corrected chi connectivity index (χ3v) is 3.64. The molecular formula is C13H18ClN3O. The molecule has 0 bridgehead atoms.